The molecule has 1 saturated heterocycles. The highest BCUT2D eigenvalue weighted by Crippen LogP contribution is 2.39. The molecule has 0 aromatic heterocycles. The lowest BCUT2D eigenvalue weighted by atomic mass is 9.79. The van der Waals surface area contributed by atoms with Crippen LogP contribution in [0.1, 0.15) is 90.2 Å². The lowest BCUT2D eigenvalue weighted by Gasteiger charge is -2.30. The summed E-state index contributed by atoms with van der Waals surface area (Å²) in [5.74, 6) is 0. The minimum absolute atomic E-state index is 0.0812. The predicted molar refractivity (Wildman–Crippen MR) is 164 cm³/mol. The van der Waals surface area contributed by atoms with Crippen LogP contribution in [0, 0.1) is 0 Å². The first kappa shape index (κ1) is 37.3. The number of ether oxygens (including phenoxy) is 6. The SMILES string of the molecule is CCCCCCCCCC(C)(C)c1ccc(COCC2COCCOCCOCCOCCO2)c(P(=O)([O-])OCC)c1. The van der Waals surface area contributed by atoms with Gasteiger partial charge in [0.25, 0.3) is 0 Å². The molecule has 0 radical (unpaired) electrons. The summed E-state index contributed by atoms with van der Waals surface area (Å²) in [7, 11) is -4.27. The monoisotopic (exact) mass is 615 g/mol. The van der Waals surface area contributed by atoms with Crippen LogP contribution in [-0.4, -0.2) is 78.8 Å². The third-order valence-electron chi connectivity index (χ3n) is 7.43. The van der Waals surface area contributed by atoms with Gasteiger partial charge < -0.3 is 42.4 Å². The minimum atomic E-state index is -4.27. The Kier molecular flexibility index (Phi) is 19.3. The van der Waals surface area contributed by atoms with Crippen molar-refractivity contribution in [2.75, 3.05) is 72.7 Å². The van der Waals surface area contributed by atoms with Gasteiger partial charge in [0.2, 0.25) is 0 Å². The van der Waals surface area contributed by atoms with Gasteiger partial charge in [-0.25, -0.2) is 0 Å². The smallest absolute Gasteiger partial charge is 0.165 e. The average molecular weight is 616 g/mol. The molecule has 2 unspecified atom stereocenters. The van der Waals surface area contributed by atoms with Gasteiger partial charge in [0.15, 0.2) is 7.60 Å². The molecule has 42 heavy (non-hydrogen) atoms. The van der Waals surface area contributed by atoms with Crippen LogP contribution in [0.15, 0.2) is 18.2 Å². The molecular formula is C32H56O9P-. The van der Waals surface area contributed by atoms with Crippen molar-refractivity contribution in [2.45, 2.75) is 97.2 Å². The van der Waals surface area contributed by atoms with E-state index in [-0.39, 0.29) is 36.6 Å². The third-order valence-corrected chi connectivity index (χ3v) is 9.03. The van der Waals surface area contributed by atoms with Crippen molar-refractivity contribution in [3.8, 4) is 0 Å². The molecule has 2 atom stereocenters. The Morgan fingerprint density at radius 1 is 0.857 bits per heavy atom. The maximum Gasteiger partial charge on any atom is 0.165 e. The van der Waals surface area contributed by atoms with E-state index in [2.05, 4.69) is 20.8 Å². The number of benzene rings is 1. The molecular weight excluding hydrogens is 559 g/mol. The topological polar surface area (TPSA) is 105 Å². The zero-order chi connectivity index (χ0) is 30.5. The quantitative estimate of drug-likeness (QED) is 0.181. The van der Waals surface area contributed by atoms with Crippen molar-refractivity contribution in [3.05, 3.63) is 29.3 Å². The molecule has 244 valence electrons. The molecule has 1 aromatic rings. The second-order valence-corrected chi connectivity index (χ2v) is 13.2. The van der Waals surface area contributed by atoms with Crippen LogP contribution in [0.2, 0.25) is 0 Å². The summed E-state index contributed by atoms with van der Waals surface area (Å²) >= 11 is 0. The van der Waals surface area contributed by atoms with E-state index in [0.29, 0.717) is 65.0 Å². The highest BCUT2D eigenvalue weighted by atomic mass is 31.2. The van der Waals surface area contributed by atoms with Gasteiger partial charge in [-0.3, -0.25) is 0 Å². The van der Waals surface area contributed by atoms with E-state index in [1.165, 1.54) is 38.5 Å². The summed E-state index contributed by atoms with van der Waals surface area (Å²) in [6.45, 7) is 12.8. The van der Waals surface area contributed by atoms with Gasteiger partial charge >= 0.3 is 0 Å². The van der Waals surface area contributed by atoms with Gasteiger partial charge in [0.05, 0.1) is 79.3 Å². The minimum Gasteiger partial charge on any atom is -0.775 e. The van der Waals surface area contributed by atoms with E-state index >= 15 is 0 Å². The second-order valence-electron chi connectivity index (χ2n) is 11.4. The first-order valence-corrected chi connectivity index (χ1v) is 17.4. The van der Waals surface area contributed by atoms with Crippen molar-refractivity contribution in [1.82, 2.24) is 0 Å². The highest BCUT2D eigenvalue weighted by Gasteiger charge is 2.25. The van der Waals surface area contributed by atoms with Crippen LogP contribution >= 0.6 is 7.60 Å². The molecule has 0 aliphatic carbocycles. The Labute approximate surface area is 254 Å². The molecule has 1 fully saturated rings. The summed E-state index contributed by atoms with van der Waals surface area (Å²) in [4.78, 5) is 13.1. The average Bonchev–Trinajstić information content (AvgIpc) is 2.97. The maximum atomic E-state index is 13.1. The van der Waals surface area contributed by atoms with E-state index in [0.717, 1.165) is 18.4 Å². The van der Waals surface area contributed by atoms with Crippen molar-refractivity contribution in [3.63, 3.8) is 0 Å². The van der Waals surface area contributed by atoms with Crippen LogP contribution in [-0.2, 0) is 49.5 Å². The molecule has 0 amide bonds. The van der Waals surface area contributed by atoms with Crippen LogP contribution in [0.4, 0.5) is 0 Å². The fourth-order valence-electron chi connectivity index (χ4n) is 4.86. The molecule has 1 aromatic carbocycles. The summed E-state index contributed by atoms with van der Waals surface area (Å²) in [6.07, 6.45) is 9.40. The lowest BCUT2D eigenvalue weighted by Crippen LogP contribution is -2.29. The number of hydrogen-bond donors (Lipinski definition) is 0. The molecule has 1 aliphatic heterocycles. The van der Waals surface area contributed by atoms with E-state index in [1.807, 2.05) is 12.1 Å². The Morgan fingerprint density at radius 2 is 1.45 bits per heavy atom. The fourth-order valence-corrected chi connectivity index (χ4v) is 6.13. The van der Waals surface area contributed by atoms with E-state index in [1.54, 1.807) is 13.0 Å². The van der Waals surface area contributed by atoms with Crippen LogP contribution in [0.25, 0.3) is 0 Å². The van der Waals surface area contributed by atoms with Gasteiger partial charge in [-0.1, -0.05) is 77.8 Å². The zero-order valence-electron chi connectivity index (χ0n) is 26.6. The van der Waals surface area contributed by atoms with Gasteiger partial charge in [-0.15, -0.1) is 0 Å². The van der Waals surface area contributed by atoms with E-state index < -0.39 is 7.60 Å². The van der Waals surface area contributed by atoms with E-state index in [4.69, 9.17) is 32.9 Å². The van der Waals surface area contributed by atoms with Crippen molar-refractivity contribution in [1.29, 1.82) is 0 Å². The zero-order valence-corrected chi connectivity index (χ0v) is 27.5. The number of unbranched alkanes of at least 4 members (excludes halogenated alkanes) is 6. The first-order chi connectivity index (χ1) is 20.3. The molecule has 0 saturated carbocycles. The van der Waals surface area contributed by atoms with Crippen molar-refractivity contribution < 1.29 is 42.4 Å². The summed E-state index contributed by atoms with van der Waals surface area (Å²) in [5.41, 5.74) is 1.42. The Bertz CT molecular complexity index is 864. The standard InChI is InChI=1S/C32H57O9P/c1-5-7-8-9-10-11-12-15-32(3,4)29-14-13-28(31(24-29)42(33,34)41-6-2)25-39-27-30-26-38-21-20-36-17-16-35-18-19-37-22-23-40-30/h13-14,24,30H,5-12,15-23,25-27H2,1-4H3,(H,33,34)/p-1. The van der Waals surface area contributed by atoms with Crippen LogP contribution in [0.3, 0.4) is 0 Å². The van der Waals surface area contributed by atoms with Crippen molar-refractivity contribution in [2.24, 2.45) is 0 Å². The Morgan fingerprint density at radius 3 is 2.10 bits per heavy atom. The highest BCUT2D eigenvalue weighted by molar-refractivity contribution is 7.60. The lowest BCUT2D eigenvalue weighted by molar-refractivity contribution is -0.193. The molecule has 0 spiro atoms. The largest absolute Gasteiger partial charge is 0.775 e. The first-order valence-electron chi connectivity index (χ1n) is 15.9. The molecule has 10 heteroatoms. The van der Waals surface area contributed by atoms with E-state index in [9.17, 15) is 9.46 Å². The fraction of sp³-hybridized carbons (Fsp3) is 0.812. The number of hydrogen-bond acceptors (Lipinski definition) is 9. The maximum absolute atomic E-state index is 13.1. The molecule has 2 rings (SSSR count). The molecule has 1 heterocycles. The van der Waals surface area contributed by atoms with Crippen LogP contribution < -0.4 is 10.2 Å². The van der Waals surface area contributed by atoms with Gasteiger partial charge in [-0.2, -0.15) is 0 Å². The summed E-state index contributed by atoms with van der Waals surface area (Å²) in [5, 5.41) is 0.196. The van der Waals surface area contributed by atoms with Gasteiger partial charge in [0, 0.05) is 5.30 Å². The number of rotatable bonds is 16. The second kappa shape index (κ2) is 21.8. The molecule has 9 nitrogen and oxygen atoms in total. The molecule has 0 N–H and O–H groups in total. The molecule has 0 bridgehead atoms. The summed E-state index contributed by atoms with van der Waals surface area (Å²) < 4.78 is 52.5. The predicted octanol–water partition coefficient (Wildman–Crippen LogP) is 5.30. The Hall–Kier alpha value is -0.870. The normalized spacial score (nSPS) is 20.0. The molecule has 1 aliphatic rings. The van der Waals surface area contributed by atoms with Crippen molar-refractivity contribution >= 4 is 12.9 Å². The summed E-state index contributed by atoms with van der Waals surface area (Å²) in [6, 6.07) is 5.68. The van der Waals surface area contributed by atoms with Crippen LogP contribution in [0.5, 0.6) is 0 Å². The van der Waals surface area contributed by atoms with Gasteiger partial charge in [0.1, 0.15) is 6.10 Å². The third kappa shape index (κ3) is 15.2. The Balaban J connectivity index is 2.01. The van der Waals surface area contributed by atoms with Gasteiger partial charge in [-0.05, 0) is 36.0 Å².